The van der Waals surface area contributed by atoms with Crippen molar-refractivity contribution in [1.29, 1.82) is 0 Å². The number of carboxylic acid groups (broad SMARTS) is 1. The van der Waals surface area contributed by atoms with Gasteiger partial charge in [0.05, 0.1) is 0 Å². The molecule has 0 radical (unpaired) electrons. The van der Waals surface area contributed by atoms with Crippen LogP contribution in [0.4, 0.5) is 0 Å². The van der Waals surface area contributed by atoms with E-state index in [-0.39, 0.29) is 11.5 Å². The highest BCUT2D eigenvalue weighted by molar-refractivity contribution is 7.99. The molecule has 2 heterocycles. The molecule has 0 aromatic carbocycles. The van der Waals surface area contributed by atoms with Crippen LogP contribution in [-0.2, 0) is 4.79 Å². The van der Waals surface area contributed by atoms with Crippen molar-refractivity contribution in [2.45, 2.75) is 51.6 Å². The molecule has 0 aliphatic carbocycles. The van der Waals surface area contributed by atoms with Crippen molar-refractivity contribution in [2.75, 3.05) is 18.1 Å². The van der Waals surface area contributed by atoms with Crippen molar-refractivity contribution >= 4 is 17.7 Å². The Balaban J connectivity index is 2.14. The Morgan fingerprint density at radius 2 is 2.18 bits per heavy atom. The minimum absolute atomic E-state index is 0.244. The van der Waals surface area contributed by atoms with E-state index in [1.165, 1.54) is 12.2 Å². The summed E-state index contributed by atoms with van der Waals surface area (Å²) in [5.41, 5.74) is 0.260. The Labute approximate surface area is 108 Å². The van der Waals surface area contributed by atoms with E-state index in [9.17, 15) is 9.90 Å². The second-order valence-electron chi connectivity index (χ2n) is 5.92. The predicted molar refractivity (Wildman–Crippen MR) is 71.5 cm³/mol. The van der Waals surface area contributed by atoms with E-state index in [1.54, 1.807) is 0 Å². The lowest BCUT2D eigenvalue weighted by molar-refractivity contribution is -0.147. The Hall–Kier alpha value is -0.220. The van der Waals surface area contributed by atoms with Gasteiger partial charge in [-0.3, -0.25) is 9.69 Å². The lowest BCUT2D eigenvalue weighted by atomic mass is 9.80. The van der Waals surface area contributed by atoms with Gasteiger partial charge in [0, 0.05) is 11.8 Å². The van der Waals surface area contributed by atoms with Gasteiger partial charge in [0.2, 0.25) is 0 Å². The van der Waals surface area contributed by atoms with Gasteiger partial charge in [-0.15, -0.1) is 0 Å². The molecular weight excluding hydrogens is 234 g/mol. The summed E-state index contributed by atoms with van der Waals surface area (Å²) in [7, 11) is 0. The normalized spacial score (nSPS) is 34.5. The van der Waals surface area contributed by atoms with Crippen LogP contribution in [0.15, 0.2) is 0 Å². The zero-order valence-electron chi connectivity index (χ0n) is 10.8. The average Bonchev–Trinajstić information content (AvgIpc) is 2.28. The van der Waals surface area contributed by atoms with Crippen LogP contribution in [-0.4, -0.2) is 46.1 Å². The molecule has 98 valence electrons. The number of thioether (sulfide) groups is 1. The summed E-state index contributed by atoms with van der Waals surface area (Å²) in [6.07, 6.45) is 4.24. The van der Waals surface area contributed by atoms with Gasteiger partial charge in [0.1, 0.15) is 6.04 Å². The van der Waals surface area contributed by atoms with Crippen molar-refractivity contribution in [3.05, 3.63) is 0 Å². The summed E-state index contributed by atoms with van der Waals surface area (Å²) >= 11 is 1.98. The van der Waals surface area contributed by atoms with Crippen molar-refractivity contribution in [3.8, 4) is 0 Å². The van der Waals surface area contributed by atoms with E-state index < -0.39 is 5.97 Å². The Bertz CT molecular complexity index is 293. The highest BCUT2D eigenvalue weighted by atomic mass is 32.2. The largest absolute Gasteiger partial charge is 0.480 e. The molecule has 0 saturated carbocycles. The van der Waals surface area contributed by atoms with Crippen LogP contribution in [0.1, 0.15) is 39.5 Å². The first-order valence-corrected chi connectivity index (χ1v) is 7.74. The number of carbonyl (C=O) groups is 1. The maximum atomic E-state index is 11.4. The smallest absolute Gasteiger partial charge is 0.320 e. The van der Waals surface area contributed by atoms with Crippen molar-refractivity contribution in [2.24, 2.45) is 5.41 Å². The van der Waals surface area contributed by atoms with E-state index in [1.807, 2.05) is 11.8 Å². The van der Waals surface area contributed by atoms with Gasteiger partial charge in [-0.2, -0.15) is 11.8 Å². The Morgan fingerprint density at radius 1 is 1.41 bits per heavy atom. The molecule has 1 N–H and O–H groups in total. The molecule has 2 saturated heterocycles. The molecule has 2 aliphatic rings. The van der Waals surface area contributed by atoms with Crippen molar-refractivity contribution in [3.63, 3.8) is 0 Å². The third-order valence-electron chi connectivity index (χ3n) is 4.30. The van der Waals surface area contributed by atoms with Crippen LogP contribution in [0.3, 0.4) is 0 Å². The van der Waals surface area contributed by atoms with Gasteiger partial charge in [-0.25, -0.2) is 0 Å². The van der Waals surface area contributed by atoms with E-state index in [0.29, 0.717) is 6.04 Å². The summed E-state index contributed by atoms with van der Waals surface area (Å²) in [4.78, 5) is 13.6. The van der Waals surface area contributed by atoms with Gasteiger partial charge in [-0.05, 0) is 37.0 Å². The van der Waals surface area contributed by atoms with Crippen LogP contribution in [0.2, 0.25) is 0 Å². The van der Waals surface area contributed by atoms with Crippen molar-refractivity contribution < 1.29 is 9.90 Å². The fourth-order valence-electron chi connectivity index (χ4n) is 3.06. The first-order valence-electron chi connectivity index (χ1n) is 6.59. The highest BCUT2D eigenvalue weighted by Crippen LogP contribution is 2.39. The van der Waals surface area contributed by atoms with Gasteiger partial charge in [0.25, 0.3) is 0 Å². The zero-order chi connectivity index (χ0) is 12.5. The summed E-state index contributed by atoms with van der Waals surface area (Å²) in [6, 6.07) is 0.189. The molecule has 0 aromatic heterocycles. The van der Waals surface area contributed by atoms with E-state index in [2.05, 4.69) is 18.7 Å². The molecule has 0 bridgehead atoms. The quantitative estimate of drug-likeness (QED) is 0.825. The number of nitrogens with zero attached hydrogens (tertiary/aromatic N) is 1. The van der Waals surface area contributed by atoms with Gasteiger partial charge < -0.3 is 5.11 Å². The standard InChI is InChI=1S/C13H23NO2S/c1-13(2)6-8-17-9-11(13)14-7-4-3-5-10(14)12(15)16/h10-11H,3-9H2,1-2H3,(H,15,16). The first kappa shape index (κ1) is 13.2. The lowest BCUT2D eigenvalue weighted by Gasteiger charge is -2.48. The van der Waals surface area contributed by atoms with E-state index in [0.717, 1.165) is 31.6 Å². The molecule has 0 aromatic rings. The predicted octanol–water partition coefficient (Wildman–Crippen LogP) is 2.46. The molecule has 2 unspecified atom stereocenters. The molecule has 0 spiro atoms. The fourth-order valence-corrected chi connectivity index (χ4v) is 4.76. The summed E-state index contributed by atoms with van der Waals surface area (Å²) in [6.45, 7) is 5.56. The number of rotatable bonds is 2. The molecule has 2 fully saturated rings. The molecule has 0 amide bonds. The Kier molecular flexibility index (Phi) is 4.03. The molecule has 4 heteroatoms. The minimum Gasteiger partial charge on any atom is -0.480 e. The second kappa shape index (κ2) is 5.19. The van der Waals surface area contributed by atoms with Crippen LogP contribution in [0.25, 0.3) is 0 Å². The number of hydrogen-bond donors (Lipinski definition) is 1. The van der Waals surface area contributed by atoms with Crippen LogP contribution in [0, 0.1) is 5.41 Å². The molecule has 2 rings (SSSR count). The number of likely N-dealkylation sites (tertiary alicyclic amines) is 1. The summed E-state index contributed by atoms with van der Waals surface area (Å²) in [5, 5.41) is 9.36. The van der Waals surface area contributed by atoms with E-state index in [4.69, 9.17) is 0 Å². The molecular formula is C13H23NO2S. The lowest BCUT2D eigenvalue weighted by Crippen LogP contribution is -2.57. The fraction of sp³-hybridized carbons (Fsp3) is 0.923. The molecule has 2 atom stereocenters. The molecule has 3 nitrogen and oxygen atoms in total. The third kappa shape index (κ3) is 2.79. The van der Waals surface area contributed by atoms with E-state index >= 15 is 0 Å². The summed E-state index contributed by atoms with van der Waals surface area (Å²) < 4.78 is 0. The number of piperidine rings is 1. The number of aliphatic carboxylic acids is 1. The summed E-state index contributed by atoms with van der Waals surface area (Å²) in [5.74, 6) is 1.68. The maximum Gasteiger partial charge on any atom is 0.320 e. The first-order chi connectivity index (χ1) is 8.02. The monoisotopic (exact) mass is 257 g/mol. The van der Waals surface area contributed by atoms with Gasteiger partial charge in [-0.1, -0.05) is 20.3 Å². The van der Waals surface area contributed by atoms with Gasteiger partial charge in [0.15, 0.2) is 0 Å². The number of hydrogen-bond acceptors (Lipinski definition) is 3. The average molecular weight is 257 g/mol. The number of carboxylic acids is 1. The van der Waals surface area contributed by atoms with Crippen molar-refractivity contribution in [1.82, 2.24) is 4.90 Å². The second-order valence-corrected chi connectivity index (χ2v) is 7.07. The molecule has 2 aliphatic heterocycles. The molecule has 17 heavy (non-hydrogen) atoms. The highest BCUT2D eigenvalue weighted by Gasteiger charge is 2.42. The minimum atomic E-state index is -0.629. The third-order valence-corrected chi connectivity index (χ3v) is 5.34. The Morgan fingerprint density at radius 3 is 2.82 bits per heavy atom. The van der Waals surface area contributed by atoms with Gasteiger partial charge >= 0.3 is 5.97 Å². The van der Waals surface area contributed by atoms with Crippen LogP contribution >= 0.6 is 11.8 Å². The van der Waals surface area contributed by atoms with Crippen LogP contribution in [0.5, 0.6) is 0 Å². The maximum absolute atomic E-state index is 11.4. The zero-order valence-corrected chi connectivity index (χ0v) is 11.6. The topological polar surface area (TPSA) is 40.5 Å². The SMILES string of the molecule is CC1(C)CCSCC1N1CCCCC1C(=O)O. The van der Waals surface area contributed by atoms with Crippen LogP contribution < -0.4 is 0 Å².